The number of nitriles is 2. The standard InChI is InChI=1S/C13H12N4.C12H18BNO2.C7H6BrN3/c1-9-4-11(2-3-16-9)13-12(7-15)5-10(6-14)8-17-13;1-9-8-10(6-7-14-9)13-15-11(2,3)12(4,5)16-13;8-7-6(3-10)1-5(2-9)4-11-7/h2-5,8H,6,14H2,1H3;6-8H,1-5H3;1,4H,2,9H2. The molecule has 0 unspecified atom stereocenters. The van der Waals surface area contributed by atoms with Gasteiger partial charge < -0.3 is 20.8 Å². The van der Waals surface area contributed by atoms with Crippen LogP contribution in [0, 0.1) is 36.5 Å². The van der Waals surface area contributed by atoms with Crippen LogP contribution in [0.15, 0.2) is 65.8 Å². The van der Waals surface area contributed by atoms with Crippen LogP contribution in [0.3, 0.4) is 0 Å². The Hall–Kier alpha value is -4.04. The average Bonchev–Trinajstić information content (AvgIpc) is 3.23. The highest BCUT2D eigenvalue weighted by Gasteiger charge is 2.51. The maximum atomic E-state index is 9.12. The zero-order valence-electron chi connectivity index (χ0n) is 25.8. The lowest BCUT2D eigenvalue weighted by Gasteiger charge is -2.32. The molecule has 1 aliphatic heterocycles. The number of hydrogen-bond donors (Lipinski definition) is 2. The average molecular weight is 655 g/mol. The molecule has 5 rings (SSSR count). The van der Waals surface area contributed by atoms with Gasteiger partial charge >= 0.3 is 7.12 Å². The molecular weight excluding hydrogens is 619 g/mol. The van der Waals surface area contributed by atoms with E-state index in [2.05, 4.69) is 69.6 Å². The number of halogens is 1. The largest absolute Gasteiger partial charge is 0.494 e. The molecule has 1 fully saturated rings. The van der Waals surface area contributed by atoms with E-state index in [4.69, 9.17) is 31.3 Å². The van der Waals surface area contributed by atoms with E-state index in [1.165, 1.54) is 0 Å². The number of nitrogens with zero attached hydrogens (tertiary/aromatic N) is 6. The Morgan fingerprint density at radius 3 is 1.82 bits per heavy atom. The minimum Gasteiger partial charge on any atom is -0.399 e. The first kappa shape index (κ1) is 34.5. The Morgan fingerprint density at radius 2 is 1.30 bits per heavy atom. The molecule has 226 valence electrons. The molecule has 4 aromatic heterocycles. The summed E-state index contributed by atoms with van der Waals surface area (Å²) in [6, 6.07) is 15.3. The summed E-state index contributed by atoms with van der Waals surface area (Å²) in [6.07, 6.45) is 6.84. The van der Waals surface area contributed by atoms with E-state index in [1.807, 2.05) is 44.2 Å². The number of pyridine rings is 4. The van der Waals surface area contributed by atoms with E-state index in [1.54, 1.807) is 36.9 Å². The Balaban J connectivity index is 0.000000185. The molecule has 4 N–H and O–H groups in total. The van der Waals surface area contributed by atoms with Gasteiger partial charge in [-0.25, -0.2) is 4.98 Å². The molecule has 0 aromatic carbocycles. The van der Waals surface area contributed by atoms with E-state index < -0.39 is 0 Å². The molecule has 0 aliphatic carbocycles. The maximum absolute atomic E-state index is 9.12. The van der Waals surface area contributed by atoms with E-state index in [0.717, 1.165) is 33.5 Å². The van der Waals surface area contributed by atoms with Crippen LogP contribution in [0.4, 0.5) is 0 Å². The van der Waals surface area contributed by atoms with Crippen molar-refractivity contribution in [1.29, 1.82) is 10.5 Å². The first-order valence-corrected chi connectivity index (χ1v) is 14.7. The Bertz CT molecular complexity index is 1670. The van der Waals surface area contributed by atoms with E-state index >= 15 is 0 Å². The monoisotopic (exact) mass is 654 g/mol. The van der Waals surface area contributed by atoms with Gasteiger partial charge in [0.05, 0.1) is 28.0 Å². The normalized spacial score (nSPS) is 14.3. The number of aryl methyl sites for hydroxylation is 2. The summed E-state index contributed by atoms with van der Waals surface area (Å²) in [7, 11) is -0.285. The summed E-state index contributed by atoms with van der Waals surface area (Å²) in [4.78, 5) is 16.5. The lowest BCUT2D eigenvalue weighted by atomic mass is 9.79. The summed E-state index contributed by atoms with van der Waals surface area (Å²) in [6.45, 7) is 12.9. The summed E-state index contributed by atoms with van der Waals surface area (Å²) < 4.78 is 12.5. The van der Waals surface area contributed by atoms with Crippen molar-refractivity contribution in [3.8, 4) is 23.4 Å². The van der Waals surface area contributed by atoms with Gasteiger partial charge in [-0.15, -0.1) is 0 Å². The topological polar surface area (TPSA) is 170 Å². The zero-order chi connectivity index (χ0) is 32.5. The Morgan fingerprint density at radius 1 is 0.773 bits per heavy atom. The van der Waals surface area contributed by atoms with Gasteiger partial charge in [-0.05, 0) is 110 Å². The van der Waals surface area contributed by atoms with Gasteiger partial charge in [-0.2, -0.15) is 10.5 Å². The van der Waals surface area contributed by atoms with Gasteiger partial charge in [0, 0.05) is 54.8 Å². The number of rotatable bonds is 4. The lowest BCUT2D eigenvalue weighted by Crippen LogP contribution is -2.41. The highest BCUT2D eigenvalue weighted by Crippen LogP contribution is 2.36. The lowest BCUT2D eigenvalue weighted by molar-refractivity contribution is 0.00578. The van der Waals surface area contributed by atoms with Gasteiger partial charge in [-0.3, -0.25) is 15.0 Å². The Kier molecular flexibility index (Phi) is 11.8. The second-order valence-corrected chi connectivity index (χ2v) is 11.8. The fraction of sp³-hybridized carbons (Fsp3) is 0.312. The maximum Gasteiger partial charge on any atom is 0.494 e. The first-order valence-electron chi connectivity index (χ1n) is 13.9. The molecule has 1 aliphatic rings. The van der Waals surface area contributed by atoms with Crippen molar-refractivity contribution in [1.82, 2.24) is 19.9 Å². The third-order valence-corrected chi connectivity index (χ3v) is 7.80. The van der Waals surface area contributed by atoms with E-state index in [0.29, 0.717) is 34.5 Å². The van der Waals surface area contributed by atoms with Crippen LogP contribution in [-0.4, -0.2) is 38.3 Å². The fourth-order valence-electron chi connectivity index (χ4n) is 4.00. The second-order valence-electron chi connectivity index (χ2n) is 11.1. The third-order valence-electron chi connectivity index (χ3n) is 7.17. The van der Waals surface area contributed by atoms with Crippen LogP contribution in [0.1, 0.15) is 61.3 Å². The molecule has 0 radical (unpaired) electrons. The SMILES string of the molecule is Cc1cc(-c2ncc(CN)cc2C#N)ccn1.Cc1cc(B2OC(C)(C)C(C)(C)O2)ccn1.N#Cc1cc(CN)cnc1Br. The highest BCUT2D eigenvalue weighted by molar-refractivity contribution is 9.10. The summed E-state index contributed by atoms with van der Waals surface area (Å²) in [5.74, 6) is 0. The van der Waals surface area contributed by atoms with Crippen LogP contribution in [0.25, 0.3) is 11.3 Å². The molecule has 0 bridgehead atoms. The van der Waals surface area contributed by atoms with Crippen LogP contribution < -0.4 is 16.9 Å². The smallest absolute Gasteiger partial charge is 0.399 e. The van der Waals surface area contributed by atoms with Crippen molar-refractivity contribution in [2.24, 2.45) is 11.5 Å². The van der Waals surface area contributed by atoms with Gasteiger partial charge in [0.2, 0.25) is 0 Å². The molecule has 1 saturated heterocycles. The molecule has 44 heavy (non-hydrogen) atoms. The molecule has 12 heteroatoms. The Labute approximate surface area is 267 Å². The highest BCUT2D eigenvalue weighted by atomic mass is 79.9. The van der Waals surface area contributed by atoms with E-state index in [-0.39, 0.29) is 18.3 Å². The first-order chi connectivity index (χ1) is 20.8. The summed E-state index contributed by atoms with van der Waals surface area (Å²) in [5.41, 5.74) is 17.6. The van der Waals surface area contributed by atoms with Gasteiger partial charge in [0.15, 0.2) is 0 Å². The van der Waals surface area contributed by atoms with Gasteiger partial charge in [0.25, 0.3) is 0 Å². The van der Waals surface area contributed by atoms with Crippen LogP contribution in [0.2, 0.25) is 0 Å². The van der Waals surface area contributed by atoms with Gasteiger partial charge in [0.1, 0.15) is 16.7 Å². The van der Waals surface area contributed by atoms with Crippen molar-refractivity contribution < 1.29 is 9.31 Å². The minimum atomic E-state index is -0.285. The van der Waals surface area contributed by atoms with Crippen molar-refractivity contribution >= 4 is 28.5 Å². The predicted octanol–water partition coefficient (Wildman–Crippen LogP) is 4.65. The van der Waals surface area contributed by atoms with Crippen LogP contribution in [-0.2, 0) is 22.4 Å². The fourth-order valence-corrected chi connectivity index (χ4v) is 4.31. The van der Waals surface area contributed by atoms with Crippen molar-refractivity contribution in [2.45, 2.75) is 65.8 Å². The molecule has 0 saturated carbocycles. The molecule has 0 atom stereocenters. The van der Waals surface area contributed by atoms with Gasteiger partial charge in [-0.1, -0.05) is 0 Å². The van der Waals surface area contributed by atoms with Crippen LogP contribution in [0.5, 0.6) is 0 Å². The third kappa shape index (κ3) is 8.76. The number of aromatic nitrogens is 4. The quantitative estimate of drug-likeness (QED) is 0.233. The van der Waals surface area contributed by atoms with E-state index in [9.17, 15) is 0 Å². The van der Waals surface area contributed by atoms with Crippen molar-refractivity contribution in [2.75, 3.05) is 0 Å². The number of nitrogens with two attached hydrogens (primary N) is 2. The molecule has 0 amide bonds. The van der Waals surface area contributed by atoms with Crippen molar-refractivity contribution in [3.05, 3.63) is 99.4 Å². The zero-order valence-corrected chi connectivity index (χ0v) is 27.4. The molecule has 0 spiro atoms. The molecule has 4 aromatic rings. The van der Waals surface area contributed by atoms with Crippen molar-refractivity contribution in [3.63, 3.8) is 0 Å². The molecule has 5 heterocycles. The summed E-state index contributed by atoms with van der Waals surface area (Å²) >= 11 is 3.15. The summed E-state index contributed by atoms with van der Waals surface area (Å²) in [5, 5.41) is 17.7. The number of hydrogen-bond acceptors (Lipinski definition) is 10. The predicted molar refractivity (Wildman–Crippen MR) is 174 cm³/mol. The molecular formula is C32H36BBrN8O2. The minimum absolute atomic E-state index is 0.283. The molecule has 10 nitrogen and oxygen atoms in total. The second kappa shape index (κ2) is 15.1. The van der Waals surface area contributed by atoms with Crippen LogP contribution >= 0.6 is 15.9 Å².